The van der Waals surface area contributed by atoms with E-state index in [1.807, 2.05) is 6.07 Å². The maximum Gasteiger partial charge on any atom is 0.120 e. The smallest absolute Gasteiger partial charge is 0.120 e. The minimum atomic E-state index is 0.588. The Balaban J connectivity index is 2.27. The highest BCUT2D eigenvalue weighted by Crippen LogP contribution is 2.29. The summed E-state index contributed by atoms with van der Waals surface area (Å²) >= 11 is 0. The van der Waals surface area contributed by atoms with E-state index in [0.29, 0.717) is 6.54 Å². The Morgan fingerprint density at radius 2 is 2.29 bits per heavy atom. The molecule has 1 fully saturated rings. The Morgan fingerprint density at radius 1 is 1.47 bits per heavy atom. The van der Waals surface area contributed by atoms with Crippen LogP contribution in [0.4, 0.5) is 5.69 Å². The highest BCUT2D eigenvalue weighted by molar-refractivity contribution is 5.57. The molecule has 0 aromatic heterocycles. The molecule has 3 heteroatoms. The molecular formula is C14H22N2O. The van der Waals surface area contributed by atoms with E-state index in [2.05, 4.69) is 24.0 Å². The zero-order chi connectivity index (χ0) is 12.3. The third kappa shape index (κ3) is 2.72. The molecule has 1 aliphatic heterocycles. The van der Waals surface area contributed by atoms with E-state index in [1.54, 1.807) is 7.11 Å². The van der Waals surface area contributed by atoms with Crippen molar-refractivity contribution >= 4 is 5.69 Å². The summed E-state index contributed by atoms with van der Waals surface area (Å²) in [6.07, 6.45) is 2.60. The SMILES string of the molecule is COc1ccc(CN)c(N2CCCC(C)C2)c1. The monoisotopic (exact) mass is 234 g/mol. The van der Waals surface area contributed by atoms with Crippen molar-refractivity contribution < 1.29 is 4.74 Å². The number of rotatable bonds is 3. The highest BCUT2D eigenvalue weighted by atomic mass is 16.5. The summed E-state index contributed by atoms with van der Waals surface area (Å²) in [6.45, 7) is 5.16. The van der Waals surface area contributed by atoms with Crippen LogP contribution in [-0.4, -0.2) is 20.2 Å². The van der Waals surface area contributed by atoms with Crippen molar-refractivity contribution in [1.82, 2.24) is 0 Å². The fourth-order valence-corrected chi connectivity index (χ4v) is 2.55. The summed E-state index contributed by atoms with van der Waals surface area (Å²) in [4.78, 5) is 2.44. The lowest BCUT2D eigenvalue weighted by Crippen LogP contribution is -2.35. The molecule has 2 rings (SSSR count). The van der Waals surface area contributed by atoms with Crippen molar-refractivity contribution in [1.29, 1.82) is 0 Å². The Morgan fingerprint density at radius 3 is 2.94 bits per heavy atom. The fourth-order valence-electron chi connectivity index (χ4n) is 2.55. The molecule has 1 saturated heterocycles. The minimum absolute atomic E-state index is 0.588. The second-order valence-electron chi connectivity index (χ2n) is 4.89. The normalized spacial score (nSPS) is 20.4. The predicted molar refractivity (Wildman–Crippen MR) is 71.5 cm³/mol. The van der Waals surface area contributed by atoms with Gasteiger partial charge >= 0.3 is 0 Å². The lowest BCUT2D eigenvalue weighted by molar-refractivity contribution is 0.413. The molecule has 0 radical (unpaired) electrons. The van der Waals surface area contributed by atoms with Crippen LogP contribution in [0.2, 0.25) is 0 Å². The number of hydrogen-bond acceptors (Lipinski definition) is 3. The Hall–Kier alpha value is -1.22. The van der Waals surface area contributed by atoms with Gasteiger partial charge in [-0.25, -0.2) is 0 Å². The number of nitrogens with zero attached hydrogens (tertiary/aromatic N) is 1. The van der Waals surface area contributed by atoms with E-state index in [-0.39, 0.29) is 0 Å². The van der Waals surface area contributed by atoms with Crippen LogP contribution >= 0.6 is 0 Å². The maximum atomic E-state index is 5.82. The van der Waals surface area contributed by atoms with E-state index in [1.165, 1.54) is 24.1 Å². The molecule has 1 aliphatic rings. The highest BCUT2D eigenvalue weighted by Gasteiger charge is 2.18. The number of piperidine rings is 1. The average molecular weight is 234 g/mol. The molecule has 94 valence electrons. The van der Waals surface area contributed by atoms with Crippen LogP contribution in [0.5, 0.6) is 5.75 Å². The van der Waals surface area contributed by atoms with Gasteiger partial charge in [0.25, 0.3) is 0 Å². The fraction of sp³-hybridized carbons (Fsp3) is 0.571. The summed E-state index contributed by atoms with van der Waals surface area (Å²) in [7, 11) is 1.71. The van der Waals surface area contributed by atoms with Crippen molar-refractivity contribution in [3.63, 3.8) is 0 Å². The zero-order valence-corrected chi connectivity index (χ0v) is 10.8. The van der Waals surface area contributed by atoms with Gasteiger partial charge in [-0.15, -0.1) is 0 Å². The first-order valence-electron chi connectivity index (χ1n) is 6.36. The average Bonchev–Trinajstić information content (AvgIpc) is 2.38. The summed E-state index contributed by atoms with van der Waals surface area (Å²) in [5.74, 6) is 1.68. The van der Waals surface area contributed by atoms with Gasteiger partial charge in [-0.2, -0.15) is 0 Å². The summed E-state index contributed by atoms with van der Waals surface area (Å²) in [5, 5.41) is 0. The lowest BCUT2D eigenvalue weighted by Gasteiger charge is -2.34. The minimum Gasteiger partial charge on any atom is -0.497 e. The van der Waals surface area contributed by atoms with Crippen LogP contribution < -0.4 is 15.4 Å². The summed E-state index contributed by atoms with van der Waals surface area (Å²) in [5.41, 5.74) is 8.27. The van der Waals surface area contributed by atoms with Crippen LogP contribution in [-0.2, 0) is 6.54 Å². The van der Waals surface area contributed by atoms with Crippen molar-refractivity contribution in [2.45, 2.75) is 26.3 Å². The number of nitrogens with two attached hydrogens (primary N) is 1. The Labute approximate surface area is 104 Å². The molecular weight excluding hydrogens is 212 g/mol. The predicted octanol–water partition coefficient (Wildman–Crippen LogP) is 2.39. The standard InChI is InChI=1S/C14H22N2O/c1-11-4-3-7-16(10-11)14-8-13(17-2)6-5-12(14)9-15/h5-6,8,11H,3-4,7,9-10,15H2,1-2H3. The van der Waals surface area contributed by atoms with Gasteiger partial charge in [0, 0.05) is 31.4 Å². The van der Waals surface area contributed by atoms with Gasteiger partial charge in [0.05, 0.1) is 7.11 Å². The van der Waals surface area contributed by atoms with Gasteiger partial charge in [-0.05, 0) is 30.4 Å². The first kappa shape index (κ1) is 12.2. The van der Waals surface area contributed by atoms with Crippen molar-refractivity contribution in [3.8, 4) is 5.75 Å². The largest absolute Gasteiger partial charge is 0.497 e. The van der Waals surface area contributed by atoms with Gasteiger partial charge in [0.2, 0.25) is 0 Å². The maximum absolute atomic E-state index is 5.82. The second kappa shape index (κ2) is 5.41. The molecule has 0 aliphatic carbocycles. The third-order valence-electron chi connectivity index (χ3n) is 3.51. The number of benzene rings is 1. The van der Waals surface area contributed by atoms with Crippen LogP contribution in [0.25, 0.3) is 0 Å². The summed E-state index contributed by atoms with van der Waals surface area (Å²) in [6, 6.07) is 6.17. The zero-order valence-electron chi connectivity index (χ0n) is 10.8. The van der Waals surface area contributed by atoms with Gasteiger partial charge in [-0.1, -0.05) is 13.0 Å². The van der Waals surface area contributed by atoms with E-state index in [0.717, 1.165) is 24.8 Å². The van der Waals surface area contributed by atoms with E-state index >= 15 is 0 Å². The van der Waals surface area contributed by atoms with Crippen LogP contribution in [0.15, 0.2) is 18.2 Å². The number of ether oxygens (including phenoxy) is 1. The van der Waals surface area contributed by atoms with Gasteiger partial charge in [0.1, 0.15) is 5.75 Å². The topological polar surface area (TPSA) is 38.5 Å². The molecule has 0 spiro atoms. The number of methoxy groups -OCH3 is 1. The molecule has 0 amide bonds. The molecule has 1 unspecified atom stereocenters. The second-order valence-corrected chi connectivity index (χ2v) is 4.89. The van der Waals surface area contributed by atoms with Gasteiger partial charge in [-0.3, -0.25) is 0 Å². The lowest BCUT2D eigenvalue weighted by atomic mass is 9.98. The Bertz CT molecular complexity index is 378. The van der Waals surface area contributed by atoms with E-state index in [4.69, 9.17) is 10.5 Å². The van der Waals surface area contributed by atoms with E-state index < -0.39 is 0 Å². The molecule has 1 aromatic carbocycles. The van der Waals surface area contributed by atoms with Crippen molar-refractivity contribution in [3.05, 3.63) is 23.8 Å². The molecule has 1 atom stereocenters. The van der Waals surface area contributed by atoms with Crippen molar-refractivity contribution in [2.75, 3.05) is 25.1 Å². The molecule has 1 heterocycles. The molecule has 1 aromatic rings. The van der Waals surface area contributed by atoms with Gasteiger partial charge in [0.15, 0.2) is 0 Å². The quantitative estimate of drug-likeness (QED) is 0.872. The Kier molecular flexibility index (Phi) is 3.89. The molecule has 2 N–H and O–H groups in total. The van der Waals surface area contributed by atoms with Crippen LogP contribution in [0.3, 0.4) is 0 Å². The van der Waals surface area contributed by atoms with Crippen LogP contribution in [0, 0.1) is 5.92 Å². The molecule has 17 heavy (non-hydrogen) atoms. The molecule has 3 nitrogen and oxygen atoms in total. The number of hydrogen-bond donors (Lipinski definition) is 1. The first-order valence-corrected chi connectivity index (χ1v) is 6.36. The molecule has 0 bridgehead atoms. The summed E-state index contributed by atoms with van der Waals surface area (Å²) < 4.78 is 5.30. The third-order valence-corrected chi connectivity index (χ3v) is 3.51. The van der Waals surface area contributed by atoms with E-state index in [9.17, 15) is 0 Å². The first-order chi connectivity index (χ1) is 8.24. The number of anilines is 1. The van der Waals surface area contributed by atoms with Crippen LogP contribution in [0.1, 0.15) is 25.3 Å². The van der Waals surface area contributed by atoms with Crippen molar-refractivity contribution in [2.24, 2.45) is 11.7 Å². The van der Waals surface area contributed by atoms with Gasteiger partial charge < -0.3 is 15.4 Å². The molecule has 0 saturated carbocycles.